The molecule has 0 unspecified atom stereocenters. The minimum atomic E-state index is -0.479. The maximum Gasteiger partial charge on any atom is 0.292 e. The maximum atomic E-state index is 11.3. The molecule has 8 heteroatoms. The molecule has 0 saturated heterocycles. The molecule has 7 nitrogen and oxygen atoms in total. The van der Waals surface area contributed by atoms with Crippen LogP contribution in [0.5, 0.6) is 0 Å². The van der Waals surface area contributed by atoms with E-state index in [0.717, 1.165) is 5.69 Å². The largest absolute Gasteiger partial charge is 0.350 e. The van der Waals surface area contributed by atoms with E-state index in [9.17, 15) is 20.2 Å². The van der Waals surface area contributed by atoms with Crippen LogP contribution >= 0.6 is 15.9 Å². The Bertz CT molecular complexity index is 993. The standard InChI is InChI=1S/C18H12BrN3O4/c19-16-11-14(21(23)24)7-8-15(16)12-6-9-18(22(25)26)17(10-12)20-13-4-2-1-3-5-13/h1-11,20H. The number of rotatable bonds is 5. The van der Waals surface area contributed by atoms with E-state index in [0.29, 0.717) is 21.3 Å². The summed E-state index contributed by atoms with van der Waals surface area (Å²) in [7, 11) is 0. The van der Waals surface area contributed by atoms with Crippen molar-refractivity contribution in [3.05, 3.63) is 91.4 Å². The van der Waals surface area contributed by atoms with Gasteiger partial charge in [0.2, 0.25) is 0 Å². The number of halogens is 1. The number of hydrogen-bond acceptors (Lipinski definition) is 5. The minimum absolute atomic E-state index is 0.0369. The van der Waals surface area contributed by atoms with Gasteiger partial charge in [-0.05, 0) is 57.4 Å². The second-order valence-corrected chi connectivity index (χ2v) is 6.26. The molecule has 0 bridgehead atoms. The molecule has 0 aromatic heterocycles. The third-order valence-corrected chi connectivity index (χ3v) is 4.38. The molecule has 0 heterocycles. The number of hydrogen-bond donors (Lipinski definition) is 1. The fourth-order valence-electron chi connectivity index (χ4n) is 2.49. The first kappa shape index (κ1) is 17.6. The van der Waals surface area contributed by atoms with Crippen LogP contribution < -0.4 is 5.32 Å². The summed E-state index contributed by atoms with van der Waals surface area (Å²) in [6.45, 7) is 0. The van der Waals surface area contributed by atoms with E-state index in [2.05, 4.69) is 21.2 Å². The van der Waals surface area contributed by atoms with Gasteiger partial charge in [-0.2, -0.15) is 0 Å². The Labute approximate surface area is 156 Å². The molecule has 0 aliphatic rings. The number of anilines is 2. The van der Waals surface area contributed by atoms with Gasteiger partial charge in [0.25, 0.3) is 11.4 Å². The van der Waals surface area contributed by atoms with Crippen molar-refractivity contribution in [3.63, 3.8) is 0 Å². The van der Waals surface area contributed by atoms with Crippen molar-refractivity contribution in [3.8, 4) is 11.1 Å². The van der Waals surface area contributed by atoms with E-state index in [4.69, 9.17) is 0 Å². The molecule has 3 rings (SSSR count). The predicted molar refractivity (Wildman–Crippen MR) is 103 cm³/mol. The molecule has 26 heavy (non-hydrogen) atoms. The van der Waals surface area contributed by atoms with Crippen molar-refractivity contribution in [1.29, 1.82) is 0 Å². The summed E-state index contributed by atoms with van der Waals surface area (Å²) in [5.41, 5.74) is 2.35. The minimum Gasteiger partial charge on any atom is -0.350 e. The van der Waals surface area contributed by atoms with Gasteiger partial charge in [-0.3, -0.25) is 20.2 Å². The Morgan fingerprint density at radius 2 is 1.58 bits per heavy atom. The van der Waals surface area contributed by atoms with Gasteiger partial charge in [0.1, 0.15) is 5.69 Å². The summed E-state index contributed by atoms with van der Waals surface area (Å²) >= 11 is 3.33. The Kier molecular flexibility index (Phi) is 4.94. The first-order valence-corrected chi connectivity index (χ1v) is 8.30. The van der Waals surface area contributed by atoms with Crippen molar-refractivity contribution < 1.29 is 9.85 Å². The predicted octanol–water partition coefficient (Wildman–Crippen LogP) is 5.68. The number of nitrogens with one attached hydrogen (secondary N) is 1. The molecular formula is C18H12BrN3O4. The van der Waals surface area contributed by atoms with E-state index >= 15 is 0 Å². The van der Waals surface area contributed by atoms with Crippen LogP contribution in [0.1, 0.15) is 0 Å². The highest BCUT2D eigenvalue weighted by Crippen LogP contribution is 2.36. The third-order valence-electron chi connectivity index (χ3n) is 3.72. The number of para-hydroxylation sites is 1. The van der Waals surface area contributed by atoms with E-state index in [1.54, 1.807) is 30.3 Å². The summed E-state index contributed by atoms with van der Waals surface area (Å²) in [4.78, 5) is 21.3. The smallest absolute Gasteiger partial charge is 0.292 e. The van der Waals surface area contributed by atoms with Gasteiger partial charge < -0.3 is 5.32 Å². The Morgan fingerprint density at radius 1 is 0.846 bits per heavy atom. The fourth-order valence-corrected chi connectivity index (χ4v) is 3.09. The Morgan fingerprint density at radius 3 is 2.19 bits per heavy atom. The zero-order valence-electron chi connectivity index (χ0n) is 13.3. The molecule has 0 aliphatic carbocycles. The highest BCUT2D eigenvalue weighted by molar-refractivity contribution is 9.10. The van der Waals surface area contributed by atoms with E-state index in [-0.39, 0.29) is 11.4 Å². The van der Waals surface area contributed by atoms with Crippen molar-refractivity contribution >= 4 is 38.7 Å². The molecule has 0 radical (unpaired) electrons. The van der Waals surface area contributed by atoms with Gasteiger partial charge in [0, 0.05) is 28.4 Å². The second kappa shape index (κ2) is 7.32. The quantitative estimate of drug-likeness (QED) is 0.428. The van der Waals surface area contributed by atoms with Crippen LogP contribution in [0.3, 0.4) is 0 Å². The molecule has 3 aromatic carbocycles. The van der Waals surface area contributed by atoms with E-state index in [1.165, 1.54) is 18.2 Å². The third kappa shape index (κ3) is 3.70. The highest BCUT2D eigenvalue weighted by atomic mass is 79.9. The van der Waals surface area contributed by atoms with Gasteiger partial charge >= 0.3 is 0 Å². The topological polar surface area (TPSA) is 98.3 Å². The molecule has 1 N–H and O–H groups in total. The summed E-state index contributed by atoms with van der Waals surface area (Å²) in [5.74, 6) is 0. The zero-order chi connectivity index (χ0) is 18.7. The fraction of sp³-hybridized carbons (Fsp3) is 0. The molecule has 0 aliphatic heterocycles. The number of nitrogens with zero attached hydrogens (tertiary/aromatic N) is 2. The van der Waals surface area contributed by atoms with Crippen LogP contribution in [-0.4, -0.2) is 9.85 Å². The first-order chi connectivity index (χ1) is 12.5. The maximum absolute atomic E-state index is 11.3. The number of nitro benzene ring substituents is 2. The number of nitro groups is 2. The summed E-state index contributed by atoms with van der Waals surface area (Å²) in [6.07, 6.45) is 0. The molecule has 130 valence electrons. The zero-order valence-corrected chi connectivity index (χ0v) is 14.8. The van der Waals surface area contributed by atoms with Crippen molar-refractivity contribution in [2.75, 3.05) is 5.32 Å². The van der Waals surface area contributed by atoms with Gasteiger partial charge in [0.05, 0.1) is 9.85 Å². The molecule has 0 amide bonds. The van der Waals surface area contributed by atoms with E-state index in [1.807, 2.05) is 18.2 Å². The van der Waals surface area contributed by atoms with Gasteiger partial charge in [-0.15, -0.1) is 0 Å². The summed E-state index contributed by atoms with van der Waals surface area (Å²) < 4.78 is 0.534. The van der Waals surface area contributed by atoms with E-state index < -0.39 is 9.85 Å². The molecular weight excluding hydrogens is 402 g/mol. The van der Waals surface area contributed by atoms with Crippen LogP contribution in [0.15, 0.2) is 71.2 Å². The highest BCUT2D eigenvalue weighted by Gasteiger charge is 2.17. The number of benzene rings is 3. The van der Waals surface area contributed by atoms with Crippen LogP contribution in [0.4, 0.5) is 22.7 Å². The average Bonchev–Trinajstić information content (AvgIpc) is 2.62. The molecule has 0 spiro atoms. The van der Waals surface area contributed by atoms with Crippen LogP contribution in [-0.2, 0) is 0 Å². The average molecular weight is 414 g/mol. The lowest BCUT2D eigenvalue weighted by atomic mass is 10.0. The Hall–Kier alpha value is -3.26. The van der Waals surface area contributed by atoms with Crippen LogP contribution in [0.2, 0.25) is 0 Å². The van der Waals surface area contributed by atoms with Gasteiger partial charge in [-0.25, -0.2) is 0 Å². The number of non-ortho nitro benzene ring substituents is 1. The molecule has 3 aromatic rings. The summed E-state index contributed by atoms with van der Waals surface area (Å²) in [6, 6.07) is 18.2. The monoisotopic (exact) mass is 413 g/mol. The van der Waals surface area contributed by atoms with Gasteiger partial charge in [-0.1, -0.05) is 18.2 Å². The summed E-state index contributed by atoms with van der Waals surface area (Å²) in [5, 5.41) is 25.3. The lowest BCUT2D eigenvalue weighted by molar-refractivity contribution is -0.384. The SMILES string of the molecule is O=[N+]([O-])c1ccc(-c2ccc([N+](=O)[O-])c(Nc3ccccc3)c2)c(Br)c1. The van der Waals surface area contributed by atoms with Crippen molar-refractivity contribution in [1.82, 2.24) is 0 Å². The second-order valence-electron chi connectivity index (χ2n) is 5.40. The van der Waals surface area contributed by atoms with Crippen molar-refractivity contribution in [2.45, 2.75) is 0 Å². The lowest BCUT2D eigenvalue weighted by Gasteiger charge is -2.10. The first-order valence-electron chi connectivity index (χ1n) is 7.50. The molecule has 0 saturated carbocycles. The van der Waals surface area contributed by atoms with Crippen LogP contribution in [0, 0.1) is 20.2 Å². The Balaban J connectivity index is 2.05. The van der Waals surface area contributed by atoms with Crippen LogP contribution in [0.25, 0.3) is 11.1 Å². The lowest BCUT2D eigenvalue weighted by Crippen LogP contribution is -1.97. The molecule has 0 atom stereocenters. The van der Waals surface area contributed by atoms with Crippen molar-refractivity contribution in [2.24, 2.45) is 0 Å². The van der Waals surface area contributed by atoms with Gasteiger partial charge in [0.15, 0.2) is 0 Å². The molecule has 0 fully saturated rings. The normalized spacial score (nSPS) is 10.3.